The third-order valence-electron chi connectivity index (χ3n) is 5.65. The quantitative estimate of drug-likeness (QED) is 0.694. The van der Waals surface area contributed by atoms with Crippen LogP contribution in [-0.2, 0) is 28.5 Å². The smallest absolute Gasteiger partial charge is 0.458 e. The average molecular weight is 362 g/mol. The molecule has 2 bridgehead atoms. The zero-order valence-corrected chi connectivity index (χ0v) is 13.8. The second kappa shape index (κ2) is 5.51. The fraction of sp³-hybridized carbons (Fsp3) is 0.875. The Morgan fingerprint density at radius 1 is 1.16 bits per heavy atom. The van der Waals surface area contributed by atoms with Crippen LogP contribution in [-0.4, -0.2) is 56.4 Å². The van der Waals surface area contributed by atoms with Crippen LogP contribution in [0.25, 0.3) is 0 Å². The van der Waals surface area contributed by atoms with Crippen LogP contribution in [0.4, 0.5) is 13.6 Å². The number of halogens is 2. The lowest BCUT2D eigenvalue weighted by atomic mass is 9.86. The summed E-state index contributed by atoms with van der Waals surface area (Å²) in [7, 11) is 0. The summed E-state index contributed by atoms with van der Waals surface area (Å²) in [6, 6.07) is 0. The van der Waals surface area contributed by atoms with Crippen molar-refractivity contribution in [3.05, 3.63) is 0 Å². The van der Waals surface area contributed by atoms with E-state index in [9.17, 15) is 18.4 Å². The molecule has 0 radical (unpaired) electrons. The van der Waals surface area contributed by atoms with Gasteiger partial charge < -0.3 is 23.7 Å². The normalized spacial score (nSPS) is 35.5. The van der Waals surface area contributed by atoms with Crippen molar-refractivity contribution >= 4 is 12.1 Å². The first-order chi connectivity index (χ1) is 11.7. The Morgan fingerprint density at radius 2 is 1.80 bits per heavy atom. The molecule has 3 atom stereocenters. The van der Waals surface area contributed by atoms with E-state index in [2.05, 4.69) is 0 Å². The van der Waals surface area contributed by atoms with Crippen molar-refractivity contribution in [2.75, 3.05) is 26.4 Å². The van der Waals surface area contributed by atoms with Gasteiger partial charge in [-0.25, -0.2) is 9.59 Å². The molecule has 0 aromatic rings. The minimum Gasteiger partial charge on any atom is -0.458 e. The molecular formula is C16H20F2O7. The molecular weight excluding hydrogens is 342 g/mol. The van der Waals surface area contributed by atoms with E-state index in [4.69, 9.17) is 23.7 Å². The Bertz CT molecular complexity index is 568. The fourth-order valence-corrected chi connectivity index (χ4v) is 4.24. The van der Waals surface area contributed by atoms with E-state index in [1.165, 1.54) is 0 Å². The minimum absolute atomic E-state index is 0.00909. The molecule has 7 nitrogen and oxygen atoms in total. The Labute approximate surface area is 142 Å². The van der Waals surface area contributed by atoms with E-state index in [0.717, 1.165) is 0 Å². The molecule has 2 aliphatic carbocycles. The monoisotopic (exact) mass is 362 g/mol. The van der Waals surface area contributed by atoms with Crippen molar-refractivity contribution in [1.82, 2.24) is 0 Å². The van der Waals surface area contributed by atoms with E-state index in [1.54, 1.807) is 0 Å². The van der Waals surface area contributed by atoms with Crippen LogP contribution in [0.15, 0.2) is 0 Å². The third-order valence-corrected chi connectivity index (χ3v) is 5.65. The molecule has 2 aliphatic heterocycles. The van der Waals surface area contributed by atoms with Gasteiger partial charge in [0, 0.05) is 25.2 Å². The van der Waals surface area contributed by atoms with E-state index in [1.807, 2.05) is 0 Å². The second-order valence-electron chi connectivity index (χ2n) is 7.68. The standard InChI is InChI=1S/C16H20F2O7/c1-14(17,18)12(19)25-11-3-10-2-9(11)4-16(10)23-7-15(8-24-16)5-21-13(20)22-6-15/h9-11H,2-8H2,1H3. The number of rotatable bonds is 2. The van der Waals surface area contributed by atoms with Crippen LogP contribution in [0, 0.1) is 17.3 Å². The maximum Gasteiger partial charge on any atom is 0.508 e. The number of cyclic esters (lactones) is 2. The van der Waals surface area contributed by atoms with E-state index >= 15 is 0 Å². The first-order valence-electron chi connectivity index (χ1n) is 8.38. The van der Waals surface area contributed by atoms with Crippen LogP contribution < -0.4 is 0 Å². The maximum atomic E-state index is 13.0. The van der Waals surface area contributed by atoms with Gasteiger partial charge in [0.05, 0.1) is 18.6 Å². The summed E-state index contributed by atoms with van der Waals surface area (Å²) >= 11 is 0. The number of alkyl halides is 2. The van der Waals surface area contributed by atoms with Gasteiger partial charge in [-0.2, -0.15) is 8.78 Å². The van der Waals surface area contributed by atoms with Crippen molar-refractivity contribution < 1.29 is 42.1 Å². The number of hydrogen-bond acceptors (Lipinski definition) is 7. The van der Waals surface area contributed by atoms with Gasteiger partial charge in [0.15, 0.2) is 5.79 Å². The number of ether oxygens (including phenoxy) is 5. The molecule has 2 saturated heterocycles. The SMILES string of the molecule is CC(F)(F)C(=O)OC1CC2CC1CC21OCC2(COC(=O)OC2)CO1. The molecule has 2 spiro atoms. The van der Waals surface area contributed by atoms with Crippen molar-refractivity contribution in [2.24, 2.45) is 17.3 Å². The second-order valence-corrected chi connectivity index (χ2v) is 7.68. The minimum atomic E-state index is -3.48. The third kappa shape index (κ3) is 2.87. The summed E-state index contributed by atoms with van der Waals surface area (Å²) < 4.78 is 52.9. The molecule has 9 heteroatoms. The van der Waals surface area contributed by atoms with E-state index in [-0.39, 0.29) is 25.0 Å². The number of carbonyl (C=O) groups excluding carboxylic acids is 2. The predicted octanol–water partition coefficient (Wildman–Crippen LogP) is 1.88. The summed E-state index contributed by atoms with van der Waals surface area (Å²) in [5.74, 6) is -5.79. The summed E-state index contributed by atoms with van der Waals surface area (Å²) in [6.07, 6.45) is 0.456. The molecule has 4 fully saturated rings. The fourth-order valence-electron chi connectivity index (χ4n) is 4.24. The highest BCUT2D eigenvalue weighted by Crippen LogP contribution is 2.56. The largest absolute Gasteiger partial charge is 0.508 e. The highest BCUT2D eigenvalue weighted by Gasteiger charge is 2.62. The molecule has 4 rings (SSSR count). The zero-order chi connectivity index (χ0) is 17.9. The van der Waals surface area contributed by atoms with Crippen LogP contribution >= 0.6 is 0 Å². The first kappa shape index (κ1) is 17.0. The molecule has 4 aliphatic rings. The van der Waals surface area contributed by atoms with Crippen molar-refractivity contribution in [3.63, 3.8) is 0 Å². The zero-order valence-electron chi connectivity index (χ0n) is 13.8. The summed E-state index contributed by atoms with van der Waals surface area (Å²) in [6.45, 7) is 1.57. The number of carbonyl (C=O) groups is 2. The Balaban J connectivity index is 1.35. The van der Waals surface area contributed by atoms with Crippen LogP contribution in [0.3, 0.4) is 0 Å². The predicted molar refractivity (Wildman–Crippen MR) is 75.7 cm³/mol. The average Bonchev–Trinajstić information content (AvgIpc) is 3.10. The van der Waals surface area contributed by atoms with Gasteiger partial charge in [0.1, 0.15) is 19.3 Å². The number of esters is 1. The van der Waals surface area contributed by atoms with Crippen molar-refractivity contribution in [2.45, 2.75) is 44.0 Å². The lowest BCUT2D eigenvalue weighted by Gasteiger charge is -2.48. The van der Waals surface area contributed by atoms with Gasteiger partial charge in [-0.15, -0.1) is 0 Å². The molecule has 3 unspecified atom stereocenters. The van der Waals surface area contributed by atoms with Crippen molar-refractivity contribution in [3.8, 4) is 0 Å². The van der Waals surface area contributed by atoms with E-state index in [0.29, 0.717) is 39.4 Å². The summed E-state index contributed by atoms with van der Waals surface area (Å²) in [5.41, 5.74) is -0.503. The van der Waals surface area contributed by atoms with E-state index < -0.39 is 35.4 Å². The molecule has 25 heavy (non-hydrogen) atoms. The topological polar surface area (TPSA) is 80.3 Å². The first-order valence-corrected chi connectivity index (χ1v) is 8.38. The molecule has 0 N–H and O–H groups in total. The lowest BCUT2D eigenvalue weighted by molar-refractivity contribution is -0.338. The number of fused-ring (bicyclic) bond motifs is 3. The number of hydrogen-bond donors (Lipinski definition) is 0. The molecule has 2 saturated carbocycles. The van der Waals surface area contributed by atoms with Crippen molar-refractivity contribution in [1.29, 1.82) is 0 Å². The van der Waals surface area contributed by atoms with Crippen LogP contribution in [0.2, 0.25) is 0 Å². The Hall–Kier alpha value is -1.48. The van der Waals surface area contributed by atoms with Gasteiger partial charge in [-0.05, 0) is 12.8 Å². The summed E-state index contributed by atoms with van der Waals surface area (Å²) in [4.78, 5) is 22.4. The molecule has 0 aromatic carbocycles. The highest BCUT2D eigenvalue weighted by atomic mass is 19.3. The molecule has 140 valence electrons. The van der Waals surface area contributed by atoms with Gasteiger partial charge in [0.25, 0.3) is 0 Å². The van der Waals surface area contributed by atoms with Gasteiger partial charge in [-0.3, -0.25) is 0 Å². The van der Waals surface area contributed by atoms with Crippen LogP contribution in [0.5, 0.6) is 0 Å². The van der Waals surface area contributed by atoms with Gasteiger partial charge >= 0.3 is 18.0 Å². The Morgan fingerprint density at radius 3 is 2.32 bits per heavy atom. The maximum absolute atomic E-state index is 13.0. The Kier molecular flexibility index (Phi) is 3.74. The summed E-state index contributed by atoms with van der Waals surface area (Å²) in [5, 5.41) is 0. The van der Waals surface area contributed by atoms with Gasteiger partial charge in [-0.1, -0.05) is 0 Å². The molecule has 2 heterocycles. The highest BCUT2D eigenvalue weighted by molar-refractivity contribution is 5.77. The van der Waals surface area contributed by atoms with Crippen LogP contribution in [0.1, 0.15) is 26.2 Å². The molecule has 0 amide bonds. The molecule has 0 aromatic heterocycles. The lowest BCUT2D eigenvalue weighted by Crippen LogP contribution is -2.58. The van der Waals surface area contributed by atoms with Gasteiger partial charge in [0.2, 0.25) is 0 Å².